The summed E-state index contributed by atoms with van der Waals surface area (Å²) in [5, 5.41) is 5.11. The SMILES string of the molecule is CC(C)(NCc1sccc1Br)C(N)=O. The summed E-state index contributed by atoms with van der Waals surface area (Å²) in [6, 6.07) is 1.99. The molecule has 0 unspecified atom stereocenters. The first-order chi connectivity index (χ1) is 6.43. The van der Waals surface area contributed by atoms with Gasteiger partial charge in [-0.25, -0.2) is 0 Å². The van der Waals surface area contributed by atoms with Crippen LogP contribution >= 0.6 is 27.3 Å². The predicted molar refractivity (Wildman–Crippen MR) is 62.1 cm³/mol. The minimum atomic E-state index is -0.663. The third-order valence-corrected chi connectivity index (χ3v) is 3.92. The van der Waals surface area contributed by atoms with Crippen LogP contribution in [0.3, 0.4) is 0 Å². The highest BCUT2D eigenvalue weighted by molar-refractivity contribution is 9.10. The summed E-state index contributed by atoms with van der Waals surface area (Å²) >= 11 is 5.07. The van der Waals surface area contributed by atoms with Crippen LogP contribution in [-0.2, 0) is 11.3 Å². The van der Waals surface area contributed by atoms with E-state index in [4.69, 9.17) is 5.73 Å². The topological polar surface area (TPSA) is 55.1 Å². The second-order valence-electron chi connectivity index (χ2n) is 3.53. The monoisotopic (exact) mass is 276 g/mol. The van der Waals surface area contributed by atoms with E-state index in [0.717, 1.165) is 4.47 Å². The fourth-order valence-corrected chi connectivity index (χ4v) is 2.27. The zero-order valence-corrected chi connectivity index (χ0v) is 10.5. The number of thiophene rings is 1. The largest absolute Gasteiger partial charge is 0.368 e. The van der Waals surface area contributed by atoms with Crippen LogP contribution in [0, 0.1) is 0 Å². The molecule has 0 aliphatic heterocycles. The van der Waals surface area contributed by atoms with Gasteiger partial charge in [0.15, 0.2) is 0 Å². The first kappa shape index (κ1) is 11.7. The second kappa shape index (κ2) is 4.42. The quantitative estimate of drug-likeness (QED) is 0.882. The average molecular weight is 277 g/mol. The summed E-state index contributed by atoms with van der Waals surface area (Å²) in [5.74, 6) is -0.342. The first-order valence-electron chi connectivity index (χ1n) is 4.20. The summed E-state index contributed by atoms with van der Waals surface area (Å²) in [6.45, 7) is 4.20. The highest BCUT2D eigenvalue weighted by Gasteiger charge is 2.23. The lowest BCUT2D eigenvalue weighted by Gasteiger charge is -2.21. The maximum atomic E-state index is 11.0. The molecule has 0 saturated carbocycles. The van der Waals surface area contributed by atoms with Gasteiger partial charge in [-0.05, 0) is 41.2 Å². The van der Waals surface area contributed by atoms with Crippen LogP contribution in [0.4, 0.5) is 0 Å². The lowest BCUT2D eigenvalue weighted by atomic mass is 10.1. The van der Waals surface area contributed by atoms with Gasteiger partial charge < -0.3 is 5.73 Å². The average Bonchev–Trinajstić information content (AvgIpc) is 2.47. The Morgan fingerprint density at radius 2 is 2.36 bits per heavy atom. The predicted octanol–water partition coefficient (Wildman–Crippen LogP) is 1.86. The summed E-state index contributed by atoms with van der Waals surface area (Å²) < 4.78 is 1.07. The van der Waals surface area contributed by atoms with E-state index in [2.05, 4.69) is 21.2 Å². The molecule has 14 heavy (non-hydrogen) atoms. The van der Waals surface area contributed by atoms with Gasteiger partial charge in [-0.15, -0.1) is 11.3 Å². The van der Waals surface area contributed by atoms with Crippen molar-refractivity contribution in [2.24, 2.45) is 5.73 Å². The van der Waals surface area contributed by atoms with Crippen LogP contribution in [0.2, 0.25) is 0 Å². The fourth-order valence-electron chi connectivity index (χ4n) is 0.840. The number of carbonyl (C=O) groups excluding carboxylic acids is 1. The standard InChI is InChI=1S/C9H13BrN2OS/c1-9(2,8(11)13)12-5-7-6(10)3-4-14-7/h3-4,12H,5H2,1-2H3,(H2,11,13). The van der Waals surface area contributed by atoms with Crippen molar-refractivity contribution in [1.29, 1.82) is 0 Å². The van der Waals surface area contributed by atoms with Gasteiger partial charge in [-0.3, -0.25) is 10.1 Å². The van der Waals surface area contributed by atoms with Crippen LogP contribution in [0.25, 0.3) is 0 Å². The molecule has 5 heteroatoms. The molecule has 0 radical (unpaired) electrons. The van der Waals surface area contributed by atoms with E-state index in [1.807, 2.05) is 11.4 Å². The molecule has 0 saturated heterocycles. The molecular formula is C9H13BrN2OS. The Bertz CT molecular complexity index is 335. The van der Waals surface area contributed by atoms with Crippen molar-refractivity contribution in [3.63, 3.8) is 0 Å². The minimum Gasteiger partial charge on any atom is -0.368 e. The zero-order valence-electron chi connectivity index (χ0n) is 8.13. The zero-order chi connectivity index (χ0) is 10.8. The van der Waals surface area contributed by atoms with E-state index in [0.29, 0.717) is 6.54 Å². The number of primary amides is 1. The Hall–Kier alpha value is -0.390. The van der Waals surface area contributed by atoms with Gasteiger partial charge >= 0.3 is 0 Å². The molecule has 0 atom stereocenters. The van der Waals surface area contributed by atoms with Crippen LogP contribution in [0.5, 0.6) is 0 Å². The van der Waals surface area contributed by atoms with Crippen molar-refractivity contribution >= 4 is 33.2 Å². The molecule has 0 bridgehead atoms. The molecule has 1 aromatic heterocycles. The summed E-state index contributed by atoms with van der Waals surface area (Å²) in [6.07, 6.45) is 0. The third-order valence-electron chi connectivity index (χ3n) is 2.00. The molecule has 1 heterocycles. The van der Waals surface area contributed by atoms with E-state index >= 15 is 0 Å². The Labute approximate surface area is 95.8 Å². The van der Waals surface area contributed by atoms with Gasteiger partial charge in [0.1, 0.15) is 0 Å². The van der Waals surface area contributed by atoms with Gasteiger partial charge in [-0.2, -0.15) is 0 Å². The molecular weight excluding hydrogens is 264 g/mol. The molecule has 1 amide bonds. The lowest BCUT2D eigenvalue weighted by Crippen LogP contribution is -2.50. The highest BCUT2D eigenvalue weighted by atomic mass is 79.9. The van der Waals surface area contributed by atoms with Crippen molar-refractivity contribution in [2.75, 3.05) is 0 Å². The van der Waals surface area contributed by atoms with E-state index in [1.165, 1.54) is 4.88 Å². The summed E-state index contributed by atoms with van der Waals surface area (Å²) in [4.78, 5) is 12.2. The molecule has 0 spiro atoms. The number of nitrogens with two attached hydrogens (primary N) is 1. The Kier molecular flexibility index (Phi) is 3.69. The Morgan fingerprint density at radius 3 is 2.79 bits per heavy atom. The van der Waals surface area contributed by atoms with Crippen molar-refractivity contribution in [2.45, 2.75) is 25.9 Å². The van der Waals surface area contributed by atoms with E-state index in [-0.39, 0.29) is 5.91 Å². The Morgan fingerprint density at radius 1 is 1.71 bits per heavy atom. The smallest absolute Gasteiger partial charge is 0.237 e. The number of halogens is 1. The van der Waals surface area contributed by atoms with Gasteiger partial charge in [0.25, 0.3) is 0 Å². The van der Waals surface area contributed by atoms with Crippen LogP contribution in [-0.4, -0.2) is 11.4 Å². The fraction of sp³-hybridized carbons (Fsp3) is 0.444. The van der Waals surface area contributed by atoms with Crippen molar-refractivity contribution in [3.05, 3.63) is 20.8 Å². The first-order valence-corrected chi connectivity index (χ1v) is 5.87. The number of carbonyl (C=O) groups is 1. The van der Waals surface area contributed by atoms with Crippen LogP contribution in [0.1, 0.15) is 18.7 Å². The van der Waals surface area contributed by atoms with E-state index < -0.39 is 5.54 Å². The normalized spacial score (nSPS) is 11.6. The van der Waals surface area contributed by atoms with Crippen molar-refractivity contribution in [3.8, 4) is 0 Å². The summed E-state index contributed by atoms with van der Waals surface area (Å²) in [7, 11) is 0. The molecule has 3 N–H and O–H groups in total. The number of hydrogen-bond acceptors (Lipinski definition) is 3. The van der Waals surface area contributed by atoms with Crippen molar-refractivity contribution < 1.29 is 4.79 Å². The van der Waals surface area contributed by atoms with Gasteiger partial charge in [0, 0.05) is 15.9 Å². The molecule has 3 nitrogen and oxygen atoms in total. The molecule has 0 aliphatic carbocycles. The molecule has 0 fully saturated rings. The van der Waals surface area contributed by atoms with Gasteiger partial charge in [-0.1, -0.05) is 0 Å². The van der Waals surface area contributed by atoms with Crippen LogP contribution < -0.4 is 11.1 Å². The molecule has 78 valence electrons. The summed E-state index contributed by atoms with van der Waals surface area (Å²) in [5.41, 5.74) is 4.57. The third kappa shape index (κ3) is 2.80. The van der Waals surface area contributed by atoms with Crippen LogP contribution in [0.15, 0.2) is 15.9 Å². The maximum Gasteiger partial charge on any atom is 0.237 e. The van der Waals surface area contributed by atoms with Gasteiger partial charge in [0.05, 0.1) is 5.54 Å². The minimum absolute atomic E-state index is 0.342. The van der Waals surface area contributed by atoms with E-state index in [1.54, 1.807) is 25.2 Å². The number of nitrogens with one attached hydrogen (secondary N) is 1. The number of amides is 1. The second-order valence-corrected chi connectivity index (χ2v) is 5.39. The molecule has 1 aromatic rings. The van der Waals surface area contributed by atoms with E-state index in [9.17, 15) is 4.79 Å². The highest BCUT2D eigenvalue weighted by Crippen LogP contribution is 2.22. The molecule has 0 aliphatic rings. The molecule has 0 aromatic carbocycles. The Balaban J connectivity index is 2.57. The molecule has 1 rings (SSSR count). The lowest BCUT2D eigenvalue weighted by molar-refractivity contribution is -0.123. The number of rotatable bonds is 4. The van der Waals surface area contributed by atoms with Gasteiger partial charge in [0.2, 0.25) is 5.91 Å². The number of hydrogen-bond donors (Lipinski definition) is 2. The maximum absolute atomic E-state index is 11.0. The van der Waals surface area contributed by atoms with Crippen molar-refractivity contribution in [1.82, 2.24) is 5.32 Å².